The molecule has 4 heterocycles. The predicted octanol–water partition coefficient (Wildman–Crippen LogP) is 5.32. The van der Waals surface area contributed by atoms with Crippen molar-refractivity contribution < 1.29 is 9.90 Å². The Morgan fingerprint density at radius 3 is 2.58 bits per heavy atom. The van der Waals surface area contributed by atoms with E-state index in [4.69, 9.17) is 0 Å². The third-order valence-corrected chi connectivity index (χ3v) is 9.74. The number of rotatable bonds is 5. The lowest BCUT2D eigenvalue weighted by atomic mass is 9.66. The molecule has 2 atom stereocenters. The fraction of sp³-hybridized carbons (Fsp3) is 0.531. The maximum atomic E-state index is 14.0. The molecular formula is C32H41N5O3. The molecule has 40 heavy (non-hydrogen) atoms. The van der Waals surface area contributed by atoms with Crippen LogP contribution in [0, 0.1) is 5.41 Å². The molecule has 1 aliphatic carbocycles. The van der Waals surface area contributed by atoms with Crippen molar-refractivity contribution in [2.24, 2.45) is 5.41 Å². The smallest absolute Gasteiger partial charge is 0.320 e. The topological polar surface area (TPSA) is 94.5 Å². The first-order chi connectivity index (χ1) is 19.3. The highest BCUT2D eigenvalue weighted by Gasteiger charge is 2.56. The molecule has 2 aliphatic heterocycles. The minimum atomic E-state index is -1.07. The van der Waals surface area contributed by atoms with Gasteiger partial charge >= 0.3 is 6.03 Å². The van der Waals surface area contributed by atoms with Gasteiger partial charge in [-0.1, -0.05) is 57.0 Å². The SMILES string of the molecule is CC(C)c1c[nH]c([C@@H]2CCCN2C(=O)N2CCC(O)(Cn3cnc(-c4ccccc4)cc3=O)C3(CCCC3)C2)c1. The van der Waals surface area contributed by atoms with E-state index >= 15 is 0 Å². The van der Waals surface area contributed by atoms with E-state index in [2.05, 4.69) is 36.1 Å². The number of likely N-dealkylation sites (tertiary alicyclic amines) is 2. The Kier molecular flexibility index (Phi) is 7.07. The van der Waals surface area contributed by atoms with Crippen molar-refractivity contribution in [2.75, 3.05) is 19.6 Å². The van der Waals surface area contributed by atoms with Gasteiger partial charge in [0, 0.05) is 48.6 Å². The van der Waals surface area contributed by atoms with Gasteiger partial charge in [-0.05, 0) is 49.7 Å². The van der Waals surface area contributed by atoms with Crippen molar-refractivity contribution in [2.45, 2.75) is 82.9 Å². The van der Waals surface area contributed by atoms with Crippen LogP contribution in [0.25, 0.3) is 11.3 Å². The molecule has 8 heteroatoms. The monoisotopic (exact) mass is 543 g/mol. The Hall–Kier alpha value is -3.39. The molecule has 1 unspecified atom stereocenters. The summed E-state index contributed by atoms with van der Waals surface area (Å²) in [5.74, 6) is 0.440. The number of aromatic amines is 1. The third kappa shape index (κ3) is 4.76. The molecule has 0 bridgehead atoms. The summed E-state index contributed by atoms with van der Waals surface area (Å²) in [7, 11) is 0. The summed E-state index contributed by atoms with van der Waals surface area (Å²) in [5.41, 5.74) is 2.24. The number of aromatic nitrogens is 3. The molecule has 3 aromatic rings. The van der Waals surface area contributed by atoms with Crippen molar-refractivity contribution in [3.8, 4) is 11.3 Å². The van der Waals surface area contributed by atoms with E-state index in [9.17, 15) is 14.7 Å². The molecule has 6 rings (SSSR count). The summed E-state index contributed by atoms with van der Waals surface area (Å²) in [4.78, 5) is 39.1. The molecule has 3 fully saturated rings. The molecule has 2 saturated heterocycles. The highest BCUT2D eigenvalue weighted by molar-refractivity contribution is 5.75. The van der Waals surface area contributed by atoms with Crippen LogP contribution >= 0.6 is 0 Å². The van der Waals surface area contributed by atoms with Crippen LogP contribution in [0.15, 0.2) is 59.8 Å². The zero-order chi connectivity index (χ0) is 27.9. The van der Waals surface area contributed by atoms with Gasteiger partial charge in [-0.2, -0.15) is 0 Å². The number of nitrogens with one attached hydrogen (secondary N) is 1. The summed E-state index contributed by atoms with van der Waals surface area (Å²) in [6.45, 7) is 6.32. The first-order valence-corrected chi connectivity index (χ1v) is 14.9. The van der Waals surface area contributed by atoms with Gasteiger partial charge in [-0.3, -0.25) is 9.36 Å². The van der Waals surface area contributed by atoms with Crippen molar-refractivity contribution in [3.63, 3.8) is 0 Å². The number of hydrogen-bond acceptors (Lipinski definition) is 4. The number of piperidine rings is 1. The third-order valence-electron chi connectivity index (χ3n) is 9.74. The lowest BCUT2D eigenvalue weighted by Gasteiger charge is -2.53. The van der Waals surface area contributed by atoms with Gasteiger partial charge in [-0.15, -0.1) is 0 Å². The maximum absolute atomic E-state index is 14.0. The Labute approximate surface area is 236 Å². The van der Waals surface area contributed by atoms with Crippen LogP contribution in [0.2, 0.25) is 0 Å². The first-order valence-electron chi connectivity index (χ1n) is 14.9. The molecule has 2 N–H and O–H groups in total. The van der Waals surface area contributed by atoms with Crippen LogP contribution in [-0.2, 0) is 6.54 Å². The highest BCUT2D eigenvalue weighted by Crippen LogP contribution is 2.52. The summed E-state index contributed by atoms with van der Waals surface area (Å²) in [6.07, 6.45) is 9.80. The molecule has 8 nitrogen and oxygen atoms in total. The van der Waals surface area contributed by atoms with E-state index in [1.165, 1.54) is 5.56 Å². The Morgan fingerprint density at radius 1 is 1.10 bits per heavy atom. The van der Waals surface area contributed by atoms with Gasteiger partial charge in [-0.25, -0.2) is 9.78 Å². The number of urea groups is 1. The van der Waals surface area contributed by atoms with Crippen LogP contribution in [-0.4, -0.2) is 60.7 Å². The van der Waals surface area contributed by atoms with Gasteiger partial charge in [0.2, 0.25) is 0 Å². The number of benzene rings is 1. The first kappa shape index (κ1) is 26.8. The Balaban J connectivity index is 1.21. The van der Waals surface area contributed by atoms with Crippen LogP contribution in [0.3, 0.4) is 0 Å². The van der Waals surface area contributed by atoms with Crippen molar-refractivity contribution in [1.82, 2.24) is 24.3 Å². The number of nitrogens with zero attached hydrogens (tertiary/aromatic N) is 4. The largest absolute Gasteiger partial charge is 0.387 e. The zero-order valence-corrected chi connectivity index (χ0v) is 23.7. The average molecular weight is 544 g/mol. The Morgan fingerprint density at radius 2 is 1.88 bits per heavy atom. The summed E-state index contributed by atoms with van der Waals surface area (Å²) in [5, 5.41) is 12.2. The van der Waals surface area contributed by atoms with E-state index < -0.39 is 11.0 Å². The van der Waals surface area contributed by atoms with Gasteiger partial charge in [0.25, 0.3) is 5.56 Å². The number of hydrogen-bond donors (Lipinski definition) is 2. The maximum Gasteiger partial charge on any atom is 0.320 e. The Bertz CT molecular complexity index is 1410. The molecule has 1 saturated carbocycles. The lowest BCUT2D eigenvalue weighted by molar-refractivity contribution is -0.136. The van der Waals surface area contributed by atoms with E-state index in [1.54, 1.807) is 17.0 Å². The number of carbonyl (C=O) groups is 1. The molecule has 2 amide bonds. The van der Waals surface area contributed by atoms with Crippen LogP contribution in [0.5, 0.6) is 0 Å². The van der Waals surface area contributed by atoms with Gasteiger partial charge < -0.3 is 19.9 Å². The van der Waals surface area contributed by atoms with Gasteiger partial charge in [0.05, 0.1) is 30.2 Å². The minimum Gasteiger partial charge on any atom is -0.387 e. The number of amides is 2. The molecule has 212 valence electrons. The second-order valence-corrected chi connectivity index (χ2v) is 12.5. The number of H-pyrrole nitrogens is 1. The fourth-order valence-corrected chi connectivity index (χ4v) is 7.31. The van der Waals surface area contributed by atoms with Crippen LogP contribution in [0.4, 0.5) is 4.79 Å². The van der Waals surface area contributed by atoms with E-state index in [0.717, 1.165) is 56.3 Å². The molecular weight excluding hydrogens is 502 g/mol. The quantitative estimate of drug-likeness (QED) is 0.456. The predicted molar refractivity (Wildman–Crippen MR) is 155 cm³/mol. The van der Waals surface area contributed by atoms with Crippen LogP contribution in [0.1, 0.15) is 82.0 Å². The summed E-state index contributed by atoms with van der Waals surface area (Å²) < 4.78 is 1.55. The van der Waals surface area contributed by atoms with Crippen molar-refractivity contribution in [3.05, 3.63) is 76.6 Å². The summed E-state index contributed by atoms with van der Waals surface area (Å²) >= 11 is 0. The average Bonchev–Trinajstić information content (AvgIpc) is 3.73. The summed E-state index contributed by atoms with van der Waals surface area (Å²) in [6, 6.07) is 13.6. The normalized spacial score (nSPS) is 24.4. The fourth-order valence-electron chi connectivity index (χ4n) is 7.31. The van der Waals surface area contributed by atoms with Gasteiger partial charge in [0.15, 0.2) is 0 Å². The van der Waals surface area contributed by atoms with Crippen LogP contribution < -0.4 is 5.56 Å². The number of carbonyl (C=O) groups excluding carboxylic acids is 1. The molecule has 2 aromatic heterocycles. The van der Waals surface area contributed by atoms with E-state index in [0.29, 0.717) is 31.1 Å². The highest BCUT2D eigenvalue weighted by atomic mass is 16.3. The van der Waals surface area contributed by atoms with Crippen molar-refractivity contribution in [1.29, 1.82) is 0 Å². The number of aliphatic hydroxyl groups is 1. The second kappa shape index (κ2) is 10.5. The standard InChI is InChI=1S/C32H41N5O3/c1-23(2)25-17-27(33-19-25)28-11-8-15-37(28)30(39)35-16-14-32(40,31(20-35)12-6-7-13-31)21-36-22-34-26(18-29(36)38)24-9-4-3-5-10-24/h3-5,9-10,17-19,22-23,28,33,40H,6-8,11-16,20-21H2,1-2H3/t28-,32?/m0/s1. The lowest BCUT2D eigenvalue weighted by Crippen LogP contribution is -2.63. The van der Waals surface area contributed by atoms with E-state index in [-0.39, 0.29) is 24.2 Å². The minimum absolute atomic E-state index is 0.0631. The van der Waals surface area contributed by atoms with Crippen molar-refractivity contribution >= 4 is 6.03 Å². The second-order valence-electron chi connectivity index (χ2n) is 12.5. The van der Waals surface area contributed by atoms with Gasteiger partial charge in [0.1, 0.15) is 0 Å². The van der Waals surface area contributed by atoms with E-state index in [1.807, 2.05) is 40.1 Å². The zero-order valence-electron chi connectivity index (χ0n) is 23.7. The molecule has 1 spiro atoms. The molecule has 0 radical (unpaired) electrons. The molecule has 3 aliphatic rings. The molecule has 1 aromatic carbocycles.